The number of nitrogens with one attached hydrogen (secondary N) is 2. The van der Waals surface area contributed by atoms with Gasteiger partial charge in [0.15, 0.2) is 0 Å². The van der Waals surface area contributed by atoms with Crippen molar-refractivity contribution in [3.05, 3.63) is 94.3 Å². The van der Waals surface area contributed by atoms with Gasteiger partial charge in [0.25, 0.3) is 0 Å². The van der Waals surface area contributed by atoms with E-state index in [1.54, 1.807) is 42.1 Å². The fraction of sp³-hybridized carbons (Fsp3) is 0.167. The standard InChI is InChI=1S/C24H25F3N6/c1-32(20-8-6-14(23(28)29)10-18(20)25)12-16-4-3-5-17(22(16)27)13-33(2)21-9-7-15(24(30)31)11-19(21)26/h3-11H,12-13H2,1-2H3,(H3,28,29)(H3,30,31). The van der Waals surface area contributed by atoms with Gasteiger partial charge in [0, 0.05) is 49.4 Å². The zero-order valence-corrected chi connectivity index (χ0v) is 18.3. The Kier molecular flexibility index (Phi) is 6.91. The number of amidine groups is 2. The predicted octanol–water partition coefficient (Wildman–Crippen LogP) is 3.94. The lowest BCUT2D eigenvalue weighted by molar-refractivity contribution is 0.583. The Morgan fingerprint density at radius 3 is 1.45 bits per heavy atom. The summed E-state index contributed by atoms with van der Waals surface area (Å²) < 4.78 is 44.2. The van der Waals surface area contributed by atoms with Crippen LogP contribution >= 0.6 is 0 Å². The van der Waals surface area contributed by atoms with Crippen molar-refractivity contribution in [2.45, 2.75) is 13.1 Å². The van der Waals surface area contributed by atoms with E-state index < -0.39 is 17.5 Å². The van der Waals surface area contributed by atoms with Gasteiger partial charge in [0.05, 0.1) is 11.4 Å². The summed E-state index contributed by atoms with van der Waals surface area (Å²) in [5, 5.41) is 14.8. The van der Waals surface area contributed by atoms with Gasteiger partial charge in [-0.05, 0) is 36.4 Å². The second-order valence-electron chi connectivity index (χ2n) is 7.76. The van der Waals surface area contributed by atoms with Crippen LogP contribution in [0.3, 0.4) is 0 Å². The molecule has 0 atom stereocenters. The first-order chi connectivity index (χ1) is 15.6. The third kappa shape index (κ3) is 5.25. The summed E-state index contributed by atoms with van der Waals surface area (Å²) in [5.41, 5.74) is 12.5. The minimum atomic E-state index is -0.564. The van der Waals surface area contributed by atoms with Crippen molar-refractivity contribution in [1.29, 1.82) is 10.8 Å². The molecule has 9 heteroatoms. The van der Waals surface area contributed by atoms with Crippen LogP contribution in [-0.4, -0.2) is 25.8 Å². The molecule has 0 heterocycles. The highest BCUT2D eigenvalue weighted by molar-refractivity contribution is 5.95. The van der Waals surface area contributed by atoms with Gasteiger partial charge in [-0.2, -0.15) is 0 Å². The summed E-state index contributed by atoms with van der Waals surface area (Å²) >= 11 is 0. The molecule has 3 aromatic carbocycles. The topological polar surface area (TPSA) is 106 Å². The normalized spacial score (nSPS) is 10.7. The first-order valence-corrected chi connectivity index (χ1v) is 10.0. The van der Waals surface area contributed by atoms with E-state index in [4.69, 9.17) is 22.3 Å². The molecule has 0 radical (unpaired) electrons. The lowest BCUT2D eigenvalue weighted by Gasteiger charge is -2.23. The molecule has 6 nitrogen and oxygen atoms in total. The molecule has 0 spiro atoms. The average Bonchev–Trinajstić information content (AvgIpc) is 2.75. The Hall–Kier alpha value is -4.01. The molecule has 0 bridgehead atoms. The van der Waals surface area contributed by atoms with Gasteiger partial charge >= 0.3 is 0 Å². The van der Waals surface area contributed by atoms with Crippen molar-refractivity contribution in [2.75, 3.05) is 23.9 Å². The quantitative estimate of drug-likeness (QED) is 0.306. The number of hydrogen-bond acceptors (Lipinski definition) is 4. The molecule has 0 aliphatic carbocycles. The highest BCUT2D eigenvalue weighted by Gasteiger charge is 2.16. The molecule has 6 N–H and O–H groups in total. The molecule has 0 aliphatic heterocycles. The van der Waals surface area contributed by atoms with Crippen LogP contribution in [0.25, 0.3) is 0 Å². The molecule has 0 aromatic heterocycles. The molecule has 3 aromatic rings. The van der Waals surface area contributed by atoms with Crippen molar-refractivity contribution in [2.24, 2.45) is 11.5 Å². The molecule has 0 saturated heterocycles. The molecule has 172 valence electrons. The average molecular weight is 455 g/mol. The SMILES string of the molecule is CN(Cc1cccc(CN(C)c2ccc(C(=N)N)cc2F)c1F)c1ccc(C(=N)N)cc1F. The zero-order valence-electron chi connectivity index (χ0n) is 18.3. The third-order valence-electron chi connectivity index (χ3n) is 5.31. The van der Waals surface area contributed by atoms with Gasteiger partial charge < -0.3 is 21.3 Å². The van der Waals surface area contributed by atoms with Gasteiger partial charge in [-0.1, -0.05) is 18.2 Å². The van der Waals surface area contributed by atoms with E-state index >= 15 is 4.39 Å². The number of anilines is 2. The molecule has 0 amide bonds. The van der Waals surface area contributed by atoms with E-state index in [-0.39, 0.29) is 47.3 Å². The predicted molar refractivity (Wildman–Crippen MR) is 125 cm³/mol. The fourth-order valence-corrected chi connectivity index (χ4v) is 3.53. The number of hydrogen-bond donors (Lipinski definition) is 4. The van der Waals surface area contributed by atoms with Gasteiger partial charge in [-0.25, -0.2) is 13.2 Å². The molecule has 3 rings (SSSR count). The highest BCUT2D eigenvalue weighted by atomic mass is 19.1. The van der Waals surface area contributed by atoms with Crippen LogP contribution in [0.15, 0.2) is 54.6 Å². The maximum Gasteiger partial charge on any atom is 0.147 e. The van der Waals surface area contributed by atoms with E-state index in [0.717, 1.165) is 0 Å². The van der Waals surface area contributed by atoms with E-state index in [1.165, 1.54) is 36.4 Å². The zero-order chi connectivity index (χ0) is 24.3. The summed E-state index contributed by atoms with van der Waals surface area (Å²) in [6.45, 7) is 0.197. The monoisotopic (exact) mass is 454 g/mol. The first kappa shape index (κ1) is 23.6. The van der Waals surface area contributed by atoms with Crippen LogP contribution in [0.4, 0.5) is 24.5 Å². The second-order valence-corrected chi connectivity index (χ2v) is 7.76. The Morgan fingerprint density at radius 1 is 0.727 bits per heavy atom. The van der Waals surface area contributed by atoms with Gasteiger partial charge in [-0.3, -0.25) is 10.8 Å². The highest BCUT2D eigenvalue weighted by Crippen LogP contribution is 2.25. The molecular formula is C24H25F3N6. The molecular weight excluding hydrogens is 429 g/mol. The molecule has 0 fully saturated rings. The number of nitrogens with two attached hydrogens (primary N) is 2. The van der Waals surface area contributed by atoms with E-state index in [1.807, 2.05) is 0 Å². The lowest BCUT2D eigenvalue weighted by Crippen LogP contribution is -2.22. The summed E-state index contributed by atoms with van der Waals surface area (Å²) in [5.74, 6) is -2.06. The summed E-state index contributed by atoms with van der Waals surface area (Å²) in [6, 6.07) is 13.3. The maximum absolute atomic E-state index is 15.2. The number of benzene rings is 3. The Morgan fingerprint density at radius 2 is 1.12 bits per heavy atom. The lowest BCUT2D eigenvalue weighted by atomic mass is 10.1. The Balaban J connectivity index is 1.79. The second kappa shape index (κ2) is 9.64. The van der Waals surface area contributed by atoms with Gasteiger partial charge in [0.1, 0.15) is 29.1 Å². The van der Waals surface area contributed by atoms with Crippen LogP contribution in [0.1, 0.15) is 22.3 Å². The van der Waals surface area contributed by atoms with Crippen molar-refractivity contribution in [3.8, 4) is 0 Å². The van der Waals surface area contributed by atoms with Crippen molar-refractivity contribution in [3.63, 3.8) is 0 Å². The van der Waals surface area contributed by atoms with E-state index in [2.05, 4.69) is 0 Å². The van der Waals surface area contributed by atoms with Crippen LogP contribution in [0, 0.1) is 28.3 Å². The summed E-state index contributed by atoms with van der Waals surface area (Å²) in [4.78, 5) is 3.12. The minimum absolute atomic E-state index is 0.0986. The summed E-state index contributed by atoms with van der Waals surface area (Å²) in [7, 11) is 3.27. The first-order valence-electron chi connectivity index (χ1n) is 10.0. The smallest absolute Gasteiger partial charge is 0.147 e. The van der Waals surface area contributed by atoms with Crippen LogP contribution in [0.2, 0.25) is 0 Å². The minimum Gasteiger partial charge on any atom is -0.384 e. The van der Waals surface area contributed by atoms with Crippen LogP contribution in [0.5, 0.6) is 0 Å². The number of nitrogen functional groups attached to an aromatic ring is 2. The molecule has 0 saturated carbocycles. The number of halogens is 3. The Bertz CT molecular complexity index is 1120. The summed E-state index contributed by atoms with van der Waals surface area (Å²) in [6.07, 6.45) is 0. The van der Waals surface area contributed by atoms with E-state index in [0.29, 0.717) is 11.1 Å². The molecule has 33 heavy (non-hydrogen) atoms. The Labute approximate surface area is 190 Å². The third-order valence-corrected chi connectivity index (χ3v) is 5.31. The molecule has 0 aliphatic rings. The van der Waals surface area contributed by atoms with Crippen molar-refractivity contribution >= 4 is 23.0 Å². The van der Waals surface area contributed by atoms with Crippen LogP contribution < -0.4 is 21.3 Å². The number of rotatable bonds is 8. The molecule has 0 unspecified atom stereocenters. The van der Waals surface area contributed by atoms with Crippen molar-refractivity contribution < 1.29 is 13.2 Å². The maximum atomic E-state index is 15.2. The van der Waals surface area contributed by atoms with Gasteiger partial charge in [-0.15, -0.1) is 0 Å². The fourth-order valence-electron chi connectivity index (χ4n) is 3.53. The van der Waals surface area contributed by atoms with Crippen molar-refractivity contribution in [1.82, 2.24) is 0 Å². The van der Waals surface area contributed by atoms with Gasteiger partial charge in [0.2, 0.25) is 0 Å². The number of nitrogens with zero attached hydrogens (tertiary/aromatic N) is 2. The van der Waals surface area contributed by atoms with E-state index in [9.17, 15) is 8.78 Å². The van der Waals surface area contributed by atoms with Crippen LogP contribution in [-0.2, 0) is 13.1 Å². The largest absolute Gasteiger partial charge is 0.384 e.